The van der Waals surface area contributed by atoms with Crippen molar-refractivity contribution in [1.29, 1.82) is 0 Å². The second-order valence-electron chi connectivity index (χ2n) is 2.08. The summed E-state index contributed by atoms with van der Waals surface area (Å²) < 4.78 is 0. The van der Waals surface area contributed by atoms with Gasteiger partial charge in [-0.1, -0.05) is 0 Å². The Morgan fingerprint density at radius 1 is 0.588 bits per heavy atom. The fraction of sp³-hybridized carbons (Fsp3) is 0.500. The molecule has 0 aromatic carbocycles. The van der Waals surface area contributed by atoms with E-state index in [1.165, 1.54) is 0 Å². The molecule has 0 aliphatic heterocycles. The van der Waals surface area contributed by atoms with Crippen LogP contribution in [0.15, 0.2) is 0 Å². The van der Waals surface area contributed by atoms with E-state index in [0.29, 0.717) is 0 Å². The molecule has 9 heteroatoms. The molecule has 0 amide bonds. The summed E-state index contributed by atoms with van der Waals surface area (Å²) in [5, 5.41) is 29.7. The van der Waals surface area contributed by atoms with E-state index in [9.17, 15) is 0 Å². The van der Waals surface area contributed by atoms with Crippen LogP contribution < -0.4 is 29.6 Å². The van der Waals surface area contributed by atoms with Gasteiger partial charge < -0.3 is 21.9 Å². The van der Waals surface area contributed by atoms with E-state index >= 15 is 0 Å². The van der Waals surface area contributed by atoms with Crippen LogP contribution in [0.25, 0.3) is 0 Å². The van der Waals surface area contributed by atoms with Gasteiger partial charge in [-0.2, -0.15) is 0 Å². The molecule has 4 N–H and O–H groups in total. The van der Waals surface area contributed by atoms with Crippen molar-refractivity contribution in [1.82, 2.24) is 0 Å². The van der Waals surface area contributed by atoms with Crippen molar-refractivity contribution in [2.45, 2.75) is 27.7 Å². The van der Waals surface area contributed by atoms with Gasteiger partial charge in [0.25, 0.3) is 23.9 Å². The fourth-order valence-corrected chi connectivity index (χ4v) is 0. The second kappa shape index (κ2) is 24.2. The van der Waals surface area contributed by atoms with Crippen LogP contribution in [0, 0.1) is 0 Å². The molecular formula is C8H17NaO8. The molecule has 0 aliphatic carbocycles. The molecular weight excluding hydrogens is 247 g/mol. The predicted octanol–water partition coefficient (Wildman–Crippen LogP) is -2.52. The Bertz CT molecular complexity index is 167. The maximum atomic E-state index is 9.00. The zero-order valence-corrected chi connectivity index (χ0v) is 12.4. The number of carbonyl (C=O) groups is 4. The molecule has 0 spiro atoms. The molecule has 0 rings (SSSR count). The summed E-state index contributed by atoms with van der Waals surface area (Å²) in [4.78, 5) is 36.0. The van der Waals surface area contributed by atoms with E-state index in [-0.39, 0.29) is 31.0 Å². The van der Waals surface area contributed by atoms with Gasteiger partial charge >= 0.3 is 29.6 Å². The second-order valence-corrected chi connectivity index (χ2v) is 2.08. The fourth-order valence-electron chi connectivity index (χ4n) is 0. The smallest absolute Gasteiger partial charge is 1.00 e. The Labute approximate surface area is 122 Å². The van der Waals surface area contributed by atoms with Gasteiger partial charge in [-0.3, -0.25) is 19.2 Å². The van der Waals surface area contributed by atoms with Crippen LogP contribution in [-0.4, -0.2) is 44.3 Å². The van der Waals surface area contributed by atoms with Crippen molar-refractivity contribution < 1.29 is 70.6 Å². The number of hydrogen-bond acceptors (Lipinski definition) is 4. The van der Waals surface area contributed by atoms with Crippen molar-refractivity contribution in [2.75, 3.05) is 0 Å². The van der Waals surface area contributed by atoms with E-state index in [1.54, 1.807) is 0 Å². The third-order valence-corrected chi connectivity index (χ3v) is 0. The molecule has 98 valence electrons. The molecule has 0 radical (unpaired) electrons. The number of aliphatic carboxylic acids is 4. The molecule has 0 atom stereocenters. The van der Waals surface area contributed by atoms with Gasteiger partial charge in [0.2, 0.25) is 0 Å². The van der Waals surface area contributed by atoms with E-state index in [0.717, 1.165) is 27.7 Å². The molecule has 0 saturated heterocycles. The number of rotatable bonds is 0. The summed E-state index contributed by atoms with van der Waals surface area (Å²) in [5.41, 5.74) is 0. The van der Waals surface area contributed by atoms with Gasteiger partial charge in [0.15, 0.2) is 0 Å². The first-order valence-corrected chi connectivity index (χ1v) is 3.71. The van der Waals surface area contributed by atoms with Gasteiger partial charge in [-0.25, -0.2) is 0 Å². The first kappa shape index (κ1) is 29.7. The van der Waals surface area contributed by atoms with Crippen molar-refractivity contribution in [3.8, 4) is 0 Å². The Morgan fingerprint density at radius 3 is 0.588 bits per heavy atom. The molecule has 8 nitrogen and oxygen atoms in total. The van der Waals surface area contributed by atoms with E-state index in [2.05, 4.69) is 0 Å². The maximum Gasteiger partial charge on any atom is 1.00 e. The van der Waals surface area contributed by atoms with E-state index < -0.39 is 23.9 Å². The Kier molecular flexibility index (Phi) is 42.3. The summed E-state index contributed by atoms with van der Waals surface area (Å²) >= 11 is 0. The van der Waals surface area contributed by atoms with Crippen molar-refractivity contribution in [3.05, 3.63) is 0 Å². The molecule has 17 heavy (non-hydrogen) atoms. The molecule has 0 saturated carbocycles. The zero-order valence-electron chi connectivity index (χ0n) is 11.4. The van der Waals surface area contributed by atoms with Crippen molar-refractivity contribution in [3.63, 3.8) is 0 Å². The van der Waals surface area contributed by atoms with Crippen molar-refractivity contribution in [2.24, 2.45) is 0 Å². The topological polar surface area (TPSA) is 149 Å². The molecule has 0 unspecified atom stereocenters. The van der Waals surface area contributed by atoms with E-state index in [1.807, 2.05) is 0 Å². The van der Waals surface area contributed by atoms with E-state index in [4.69, 9.17) is 39.6 Å². The summed E-state index contributed by atoms with van der Waals surface area (Å²) in [6.07, 6.45) is 0. The maximum absolute atomic E-state index is 9.00. The Balaban J connectivity index is -0.0000000257. The molecule has 0 bridgehead atoms. The summed E-state index contributed by atoms with van der Waals surface area (Å²) in [6, 6.07) is 0. The van der Waals surface area contributed by atoms with Gasteiger partial charge in [-0.05, 0) is 0 Å². The molecule has 0 fully saturated rings. The van der Waals surface area contributed by atoms with Crippen LogP contribution in [0.1, 0.15) is 29.1 Å². The average molecular weight is 264 g/mol. The minimum atomic E-state index is -0.833. The van der Waals surface area contributed by atoms with Gasteiger partial charge in [0.1, 0.15) is 0 Å². The minimum absolute atomic E-state index is 0. The van der Waals surface area contributed by atoms with Gasteiger partial charge in [-0.15, -0.1) is 0 Å². The zero-order chi connectivity index (χ0) is 14.3. The third-order valence-electron chi connectivity index (χ3n) is 0. The Morgan fingerprint density at radius 2 is 0.588 bits per heavy atom. The first-order chi connectivity index (χ1) is 6.93. The standard InChI is InChI=1S/4C2H4O2.Na.H/c4*1-2(3)4;;/h4*1H3,(H,3,4);;/q;;;;+1;-1. The van der Waals surface area contributed by atoms with Crippen LogP contribution in [0.3, 0.4) is 0 Å². The average Bonchev–Trinajstić information content (AvgIpc) is 1.76. The monoisotopic (exact) mass is 264 g/mol. The molecule has 0 aliphatic rings. The van der Waals surface area contributed by atoms with Crippen LogP contribution in [0.5, 0.6) is 0 Å². The number of hydrogen-bond donors (Lipinski definition) is 4. The Hall–Kier alpha value is -1.12. The quantitative estimate of drug-likeness (QED) is 0.350. The molecule has 0 aromatic rings. The van der Waals surface area contributed by atoms with Crippen molar-refractivity contribution >= 4 is 23.9 Å². The van der Waals surface area contributed by atoms with Crippen LogP contribution in [0.4, 0.5) is 0 Å². The van der Waals surface area contributed by atoms with Crippen LogP contribution in [0.2, 0.25) is 0 Å². The largest absolute Gasteiger partial charge is 1.00 e. The van der Waals surface area contributed by atoms with Gasteiger partial charge in [0, 0.05) is 27.7 Å². The summed E-state index contributed by atoms with van der Waals surface area (Å²) in [5.74, 6) is -3.33. The van der Waals surface area contributed by atoms with Gasteiger partial charge in [0.05, 0.1) is 0 Å². The molecule has 0 heterocycles. The summed E-state index contributed by atoms with van der Waals surface area (Å²) in [7, 11) is 0. The number of carboxylic acids is 4. The minimum Gasteiger partial charge on any atom is -1.00 e. The third kappa shape index (κ3) is 1970. The molecule has 0 aromatic heterocycles. The summed E-state index contributed by atoms with van der Waals surface area (Å²) in [6.45, 7) is 4.33. The SMILES string of the molecule is CC(=O)O.CC(=O)O.CC(=O)O.CC(=O)O.[H-].[Na+]. The first-order valence-electron chi connectivity index (χ1n) is 3.71. The normalized spacial score (nSPS) is 5.88. The van der Waals surface area contributed by atoms with Crippen LogP contribution >= 0.6 is 0 Å². The van der Waals surface area contributed by atoms with Crippen LogP contribution in [-0.2, 0) is 19.2 Å². The predicted molar refractivity (Wildman–Crippen MR) is 54.4 cm³/mol. The number of carboxylic acid groups (broad SMARTS) is 4.